The second-order valence-electron chi connectivity index (χ2n) is 7.50. The lowest BCUT2D eigenvalue weighted by molar-refractivity contribution is 0.0890. The second-order valence-corrected chi connectivity index (χ2v) is 7.90. The van der Waals surface area contributed by atoms with Crippen LogP contribution < -0.4 is 15.1 Å². The van der Waals surface area contributed by atoms with Gasteiger partial charge in [0.05, 0.1) is 17.7 Å². The molecule has 0 radical (unpaired) electrons. The van der Waals surface area contributed by atoms with Crippen LogP contribution in [0.4, 0.5) is 0 Å². The normalized spacial score (nSPS) is 13.6. The molecule has 0 unspecified atom stereocenters. The topological polar surface area (TPSA) is 51.9 Å². The Bertz CT molecular complexity index is 1300. The van der Waals surface area contributed by atoms with E-state index in [1.165, 1.54) is 6.07 Å². The Hall–Kier alpha value is -3.28. The first-order valence-corrected chi connectivity index (χ1v) is 10.3. The maximum atomic E-state index is 12.4. The molecule has 0 spiro atoms. The third kappa shape index (κ3) is 3.78. The minimum Gasteiger partial charge on any atom is -0.497 e. The lowest BCUT2D eigenvalue weighted by Crippen LogP contribution is -2.31. The summed E-state index contributed by atoms with van der Waals surface area (Å²) in [5, 5.41) is 1.31. The molecule has 3 aromatic carbocycles. The van der Waals surface area contributed by atoms with E-state index in [0.717, 1.165) is 33.4 Å². The number of hydrogen-bond acceptors (Lipinski definition) is 5. The van der Waals surface area contributed by atoms with Gasteiger partial charge >= 0.3 is 5.63 Å². The van der Waals surface area contributed by atoms with Gasteiger partial charge in [-0.25, -0.2) is 4.79 Å². The number of halogens is 1. The van der Waals surface area contributed by atoms with E-state index in [1.807, 2.05) is 60.7 Å². The van der Waals surface area contributed by atoms with E-state index in [4.69, 9.17) is 25.5 Å². The highest BCUT2D eigenvalue weighted by Crippen LogP contribution is 2.41. The molecule has 1 aliphatic rings. The zero-order valence-electron chi connectivity index (χ0n) is 16.9. The molecular weight excluding hydrogens is 414 g/mol. The van der Waals surface area contributed by atoms with Gasteiger partial charge in [0.2, 0.25) is 0 Å². The highest BCUT2D eigenvalue weighted by atomic mass is 35.5. The molecule has 6 heteroatoms. The van der Waals surface area contributed by atoms with Crippen LogP contribution in [0.15, 0.2) is 75.9 Å². The number of nitrogens with zero attached hydrogens (tertiary/aromatic N) is 1. The molecule has 5 nitrogen and oxygen atoms in total. The van der Waals surface area contributed by atoms with E-state index < -0.39 is 5.63 Å². The van der Waals surface area contributed by atoms with Crippen LogP contribution in [0.25, 0.3) is 22.1 Å². The number of fused-ring (bicyclic) bond motifs is 3. The lowest BCUT2D eigenvalue weighted by atomic mass is 9.99. The molecule has 1 aliphatic heterocycles. The smallest absolute Gasteiger partial charge is 0.336 e. The van der Waals surface area contributed by atoms with E-state index in [2.05, 4.69) is 4.90 Å². The third-order valence-electron chi connectivity index (χ3n) is 5.46. The Morgan fingerprint density at radius 1 is 1.06 bits per heavy atom. The van der Waals surface area contributed by atoms with Gasteiger partial charge in [0.1, 0.15) is 23.8 Å². The summed E-state index contributed by atoms with van der Waals surface area (Å²) in [7, 11) is 1.65. The highest BCUT2D eigenvalue weighted by molar-refractivity contribution is 6.33. The maximum Gasteiger partial charge on any atom is 0.336 e. The van der Waals surface area contributed by atoms with Crippen LogP contribution >= 0.6 is 11.6 Å². The Kier molecular flexibility index (Phi) is 5.14. The minimum atomic E-state index is -0.400. The van der Waals surface area contributed by atoms with Crippen molar-refractivity contribution in [3.63, 3.8) is 0 Å². The van der Waals surface area contributed by atoms with Crippen molar-refractivity contribution in [1.82, 2.24) is 4.90 Å². The standard InChI is InChI=1S/C25H20ClNO4/c1-29-18-9-7-16(8-10-18)13-27-14-21-24-20(11-22(26)25(21)30-15-27)19(12-23(28)31-24)17-5-3-2-4-6-17/h2-12H,13-15H2,1H3. The van der Waals surface area contributed by atoms with Gasteiger partial charge in [-0.05, 0) is 34.9 Å². The van der Waals surface area contributed by atoms with Crippen LogP contribution in [0.1, 0.15) is 11.1 Å². The van der Waals surface area contributed by atoms with Gasteiger partial charge in [0.25, 0.3) is 0 Å². The molecule has 0 saturated carbocycles. The van der Waals surface area contributed by atoms with Crippen molar-refractivity contribution >= 4 is 22.6 Å². The molecular formula is C25H20ClNO4. The summed E-state index contributed by atoms with van der Waals surface area (Å²) in [5.74, 6) is 1.39. The number of methoxy groups -OCH3 is 1. The third-order valence-corrected chi connectivity index (χ3v) is 5.74. The first-order chi connectivity index (χ1) is 15.1. The van der Waals surface area contributed by atoms with Crippen molar-refractivity contribution in [1.29, 1.82) is 0 Å². The fourth-order valence-corrected chi connectivity index (χ4v) is 4.26. The molecule has 1 aromatic heterocycles. The van der Waals surface area contributed by atoms with Gasteiger partial charge in [-0.3, -0.25) is 4.90 Å². The summed E-state index contributed by atoms with van der Waals surface area (Å²) in [6.45, 7) is 1.63. The number of benzene rings is 3. The molecule has 4 aromatic rings. The van der Waals surface area contributed by atoms with Crippen LogP contribution in [-0.2, 0) is 13.1 Å². The Balaban J connectivity index is 1.57. The average molecular weight is 434 g/mol. The van der Waals surface area contributed by atoms with E-state index >= 15 is 0 Å². The molecule has 5 rings (SSSR count). The zero-order chi connectivity index (χ0) is 21.4. The van der Waals surface area contributed by atoms with Crippen LogP contribution in [0.3, 0.4) is 0 Å². The largest absolute Gasteiger partial charge is 0.497 e. The Morgan fingerprint density at radius 3 is 2.58 bits per heavy atom. The minimum absolute atomic E-state index is 0.396. The van der Waals surface area contributed by atoms with Gasteiger partial charge in [0.15, 0.2) is 0 Å². The quantitative estimate of drug-likeness (QED) is 0.399. The average Bonchev–Trinajstić information content (AvgIpc) is 2.80. The predicted octanol–water partition coefficient (Wildman–Crippen LogP) is 5.47. The summed E-state index contributed by atoms with van der Waals surface area (Å²) >= 11 is 6.58. The monoisotopic (exact) mass is 433 g/mol. The lowest BCUT2D eigenvalue weighted by Gasteiger charge is -2.30. The van der Waals surface area contributed by atoms with Gasteiger partial charge in [-0.1, -0.05) is 54.1 Å². The maximum absolute atomic E-state index is 12.4. The molecule has 0 fully saturated rings. The summed E-state index contributed by atoms with van der Waals surface area (Å²) in [5.41, 5.74) is 3.77. The summed E-state index contributed by atoms with van der Waals surface area (Å²) in [4.78, 5) is 14.5. The number of hydrogen-bond donors (Lipinski definition) is 0. The van der Waals surface area contributed by atoms with Gasteiger partial charge in [-0.2, -0.15) is 0 Å². The summed E-state index contributed by atoms with van der Waals surface area (Å²) in [6.07, 6.45) is 0. The Morgan fingerprint density at radius 2 is 1.84 bits per heavy atom. The fraction of sp³-hybridized carbons (Fsp3) is 0.160. The summed E-state index contributed by atoms with van der Waals surface area (Å²) in [6, 6.07) is 21.0. The molecule has 31 heavy (non-hydrogen) atoms. The van der Waals surface area contributed by atoms with E-state index in [0.29, 0.717) is 36.2 Å². The van der Waals surface area contributed by atoms with Crippen LogP contribution in [0.2, 0.25) is 5.02 Å². The number of rotatable bonds is 4. The first kappa shape index (κ1) is 19.7. The van der Waals surface area contributed by atoms with Crippen LogP contribution in [0, 0.1) is 0 Å². The number of ether oxygens (including phenoxy) is 2. The van der Waals surface area contributed by atoms with Crippen molar-refractivity contribution in [2.75, 3.05) is 13.8 Å². The van der Waals surface area contributed by atoms with Crippen molar-refractivity contribution in [2.24, 2.45) is 0 Å². The van der Waals surface area contributed by atoms with Crippen molar-refractivity contribution < 1.29 is 13.9 Å². The molecule has 156 valence electrons. The van der Waals surface area contributed by atoms with E-state index in [-0.39, 0.29) is 0 Å². The second kappa shape index (κ2) is 8.10. The SMILES string of the molecule is COc1ccc(CN2COc3c(Cl)cc4c(-c5ccccc5)cc(=O)oc4c3C2)cc1. The fourth-order valence-electron chi connectivity index (χ4n) is 3.98. The molecule has 0 atom stereocenters. The van der Waals surface area contributed by atoms with Crippen molar-refractivity contribution in [3.05, 3.63) is 93.3 Å². The summed E-state index contributed by atoms with van der Waals surface area (Å²) < 4.78 is 16.9. The van der Waals surface area contributed by atoms with Crippen LogP contribution in [0.5, 0.6) is 11.5 Å². The van der Waals surface area contributed by atoms with Gasteiger partial charge in [0, 0.05) is 24.5 Å². The first-order valence-electron chi connectivity index (χ1n) is 9.95. The molecule has 2 heterocycles. The predicted molar refractivity (Wildman–Crippen MR) is 121 cm³/mol. The molecule has 0 N–H and O–H groups in total. The molecule has 0 amide bonds. The molecule has 0 aliphatic carbocycles. The van der Waals surface area contributed by atoms with Crippen LogP contribution in [-0.4, -0.2) is 18.7 Å². The van der Waals surface area contributed by atoms with E-state index in [9.17, 15) is 4.79 Å². The van der Waals surface area contributed by atoms with Gasteiger partial charge in [-0.15, -0.1) is 0 Å². The van der Waals surface area contributed by atoms with E-state index in [1.54, 1.807) is 7.11 Å². The highest BCUT2D eigenvalue weighted by Gasteiger charge is 2.25. The molecule has 0 bridgehead atoms. The van der Waals surface area contributed by atoms with Crippen molar-refractivity contribution in [2.45, 2.75) is 13.1 Å². The zero-order valence-corrected chi connectivity index (χ0v) is 17.7. The van der Waals surface area contributed by atoms with Gasteiger partial charge < -0.3 is 13.9 Å². The Labute approximate surface area is 184 Å². The van der Waals surface area contributed by atoms with Crippen molar-refractivity contribution in [3.8, 4) is 22.6 Å². The molecule has 0 saturated heterocycles.